The molecule has 0 saturated heterocycles. The molecule has 0 atom stereocenters. The Morgan fingerprint density at radius 1 is 1.03 bits per heavy atom. The monoisotopic (exact) mass is 404 g/mol. The molecular formula is C23H24N4O3. The molecule has 4 N–H and O–H groups in total. The maximum Gasteiger partial charge on any atom is 0.310 e. The summed E-state index contributed by atoms with van der Waals surface area (Å²) in [5, 5.41) is 14.7. The minimum Gasteiger partial charge on any atom is -0.455 e. The number of anilines is 1. The van der Waals surface area contributed by atoms with E-state index in [9.17, 15) is 9.59 Å². The Balaban J connectivity index is 1.57. The summed E-state index contributed by atoms with van der Waals surface area (Å²) in [6, 6.07) is 17.1. The number of fused-ring (bicyclic) bond motifs is 1. The highest BCUT2D eigenvalue weighted by atomic mass is 16.5. The number of amides is 1. The number of para-hydroxylation sites is 2. The molecule has 2 aromatic carbocycles. The Morgan fingerprint density at radius 2 is 1.73 bits per heavy atom. The molecule has 0 aliphatic carbocycles. The number of benzene rings is 2. The van der Waals surface area contributed by atoms with Crippen molar-refractivity contribution in [2.75, 3.05) is 11.9 Å². The highest BCUT2D eigenvalue weighted by Gasteiger charge is 2.14. The maximum absolute atomic E-state index is 12.3. The zero-order valence-corrected chi connectivity index (χ0v) is 16.9. The second kappa shape index (κ2) is 9.56. The molecule has 0 bridgehead atoms. The molecule has 0 unspecified atom stereocenters. The number of aromatic amines is 1. The summed E-state index contributed by atoms with van der Waals surface area (Å²) < 4.78 is 5.13. The summed E-state index contributed by atoms with van der Waals surface area (Å²) in [7, 11) is 0. The van der Waals surface area contributed by atoms with Crippen molar-refractivity contribution in [1.29, 1.82) is 5.41 Å². The lowest BCUT2D eigenvalue weighted by Gasteiger charge is -2.15. The minimum atomic E-state index is -0.502. The van der Waals surface area contributed by atoms with Crippen LogP contribution in [0.4, 0.5) is 5.69 Å². The van der Waals surface area contributed by atoms with E-state index in [0.29, 0.717) is 11.4 Å². The van der Waals surface area contributed by atoms with Crippen molar-refractivity contribution >= 4 is 34.2 Å². The topological polar surface area (TPSA) is 107 Å². The van der Waals surface area contributed by atoms with Crippen LogP contribution in [0.25, 0.3) is 10.9 Å². The Kier molecular flexibility index (Phi) is 6.64. The molecule has 0 saturated carbocycles. The minimum absolute atomic E-state index is 0.0676. The molecule has 0 radical (unpaired) electrons. The molecule has 0 aliphatic rings. The fourth-order valence-corrected chi connectivity index (χ4v) is 3.08. The van der Waals surface area contributed by atoms with Gasteiger partial charge >= 0.3 is 5.97 Å². The first-order valence-electron chi connectivity index (χ1n) is 9.53. The van der Waals surface area contributed by atoms with Gasteiger partial charge in [-0.2, -0.15) is 0 Å². The molecule has 30 heavy (non-hydrogen) atoms. The number of esters is 1. The smallest absolute Gasteiger partial charge is 0.310 e. The number of nitrogens with one attached hydrogen (secondary N) is 4. The van der Waals surface area contributed by atoms with Gasteiger partial charge in [0.05, 0.1) is 17.8 Å². The first-order valence-corrected chi connectivity index (χ1v) is 9.53. The van der Waals surface area contributed by atoms with Crippen LogP contribution in [0.1, 0.15) is 19.4 Å². The number of hydrogen-bond donors (Lipinski definition) is 4. The van der Waals surface area contributed by atoms with E-state index in [1.54, 1.807) is 20.0 Å². The largest absolute Gasteiger partial charge is 0.455 e. The van der Waals surface area contributed by atoms with Crippen molar-refractivity contribution < 1.29 is 14.3 Å². The van der Waals surface area contributed by atoms with Crippen LogP contribution >= 0.6 is 0 Å². The van der Waals surface area contributed by atoms with Gasteiger partial charge in [-0.25, -0.2) is 0 Å². The fraction of sp³-hybridized carbons (Fsp3) is 0.174. The predicted octanol–water partition coefficient (Wildman–Crippen LogP) is 3.75. The Morgan fingerprint density at radius 3 is 2.47 bits per heavy atom. The standard InChI is InChI=1S/C23H24N4O3/c1-15(24)23(16(2)26-18-8-4-3-5-9-18)27-21(28)14-30-22(29)12-17-13-25-20-11-7-6-10-19(17)20/h3-11,13,24-26H,12,14H2,1-2H3,(H,27,28)/b23-16+,24-15?. The quantitative estimate of drug-likeness (QED) is 0.339. The van der Waals surface area contributed by atoms with E-state index in [-0.39, 0.29) is 12.1 Å². The Hall–Kier alpha value is -3.87. The number of carbonyl (C=O) groups is 2. The Labute approximate surface area is 174 Å². The molecule has 1 amide bonds. The van der Waals surface area contributed by atoms with Crippen LogP contribution in [0.2, 0.25) is 0 Å². The van der Waals surface area contributed by atoms with Gasteiger partial charge in [0.1, 0.15) is 0 Å². The van der Waals surface area contributed by atoms with Crippen LogP contribution < -0.4 is 10.6 Å². The summed E-state index contributed by atoms with van der Waals surface area (Å²) in [6.07, 6.45) is 1.84. The van der Waals surface area contributed by atoms with Crippen molar-refractivity contribution in [2.24, 2.45) is 0 Å². The van der Waals surface area contributed by atoms with Crippen LogP contribution in [0.5, 0.6) is 0 Å². The molecule has 0 fully saturated rings. The lowest BCUT2D eigenvalue weighted by molar-refractivity contribution is -0.147. The van der Waals surface area contributed by atoms with Gasteiger partial charge in [0.15, 0.2) is 6.61 Å². The number of rotatable bonds is 8. The van der Waals surface area contributed by atoms with E-state index in [1.165, 1.54) is 0 Å². The van der Waals surface area contributed by atoms with Gasteiger partial charge in [0.2, 0.25) is 0 Å². The maximum atomic E-state index is 12.3. The van der Waals surface area contributed by atoms with Crippen LogP contribution in [0.3, 0.4) is 0 Å². The molecule has 1 heterocycles. The van der Waals surface area contributed by atoms with Gasteiger partial charge < -0.3 is 25.8 Å². The van der Waals surface area contributed by atoms with Gasteiger partial charge in [-0.05, 0) is 37.6 Å². The number of aromatic nitrogens is 1. The number of carbonyl (C=O) groups excluding carboxylic acids is 2. The van der Waals surface area contributed by atoms with Crippen molar-refractivity contribution in [3.8, 4) is 0 Å². The highest BCUT2D eigenvalue weighted by Crippen LogP contribution is 2.18. The lowest BCUT2D eigenvalue weighted by atomic mass is 10.1. The molecule has 3 aromatic rings. The normalized spacial score (nSPS) is 11.5. The summed E-state index contributed by atoms with van der Waals surface area (Å²) in [4.78, 5) is 27.6. The van der Waals surface area contributed by atoms with Crippen molar-refractivity contribution in [2.45, 2.75) is 20.3 Å². The predicted molar refractivity (Wildman–Crippen MR) is 117 cm³/mol. The number of hydrogen-bond acceptors (Lipinski definition) is 5. The van der Waals surface area contributed by atoms with Crippen LogP contribution in [0.15, 0.2) is 72.2 Å². The third-order valence-corrected chi connectivity index (χ3v) is 4.49. The van der Waals surface area contributed by atoms with Crippen LogP contribution in [-0.4, -0.2) is 29.2 Å². The molecule has 154 valence electrons. The van der Waals surface area contributed by atoms with Gasteiger partial charge in [-0.1, -0.05) is 36.4 Å². The summed E-state index contributed by atoms with van der Waals surface area (Å²) in [5.41, 5.74) is 3.75. The zero-order valence-electron chi connectivity index (χ0n) is 16.9. The zero-order chi connectivity index (χ0) is 21.5. The highest BCUT2D eigenvalue weighted by molar-refractivity contribution is 6.00. The van der Waals surface area contributed by atoms with E-state index in [4.69, 9.17) is 10.1 Å². The molecule has 7 heteroatoms. The number of ether oxygens (including phenoxy) is 1. The van der Waals surface area contributed by atoms with Crippen molar-refractivity contribution in [3.05, 3.63) is 77.8 Å². The van der Waals surface area contributed by atoms with Crippen molar-refractivity contribution in [1.82, 2.24) is 10.3 Å². The molecule has 0 spiro atoms. The first kappa shape index (κ1) is 20.9. The SMILES string of the molecule is CC(=N)/C(NC(=O)COC(=O)Cc1c[nH]c2ccccc12)=C(/C)Nc1ccccc1. The van der Waals surface area contributed by atoms with Crippen LogP contribution in [-0.2, 0) is 20.7 Å². The summed E-state index contributed by atoms with van der Waals surface area (Å²) in [6.45, 7) is 2.93. The van der Waals surface area contributed by atoms with E-state index in [1.807, 2.05) is 54.6 Å². The second-order valence-corrected chi connectivity index (χ2v) is 6.86. The van der Waals surface area contributed by atoms with E-state index in [2.05, 4.69) is 15.6 Å². The van der Waals surface area contributed by atoms with Gasteiger partial charge in [0.25, 0.3) is 5.91 Å². The molecule has 1 aromatic heterocycles. The molecule has 7 nitrogen and oxygen atoms in total. The average molecular weight is 404 g/mol. The lowest BCUT2D eigenvalue weighted by Crippen LogP contribution is -2.32. The molecular weight excluding hydrogens is 380 g/mol. The van der Waals surface area contributed by atoms with Gasteiger partial charge in [-0.15, -0.1) is 0 Å². The van der Waals surface area contributed by atoms with Crippen LogP contribution in [0, 0.1) is 5.41 Å². The first-order chi connectivity index (χ1) is 14.4. The Bertz CT molecular complexity index is 1100. The summed E-state index contributed by atoms with van der Waals surface area (Å²) >= 11 is 0. The van der Waals surface area contributed by atoms with Gasteiger partial charge in [-0.3, -0.25) is 9.59 Å². The van der Waals surface area contributed by atoms with Crippen molar-refractivity contribution in [3.63, 3.8) is 0 Å². The fourth-order valence-electron chi connectivity index (χ4n) is 3.08. The third-order valence-electron chi connectivity index (χ3n) is 4.49. The molecule has 3 rings (SSSR count). The molecule has 0 aliphatic heterocycles. The average Bonchev–Trinajstić information content (AvgIpc) is 3.14. The number of allylic oxidation sites excluding steroid dienone is 2. The van der Waals surface area contributed by atoms with E-state index < -0.39 is 18.5 Å². The second-order valence-electron chi connectivity index (χ2n) is 6.86. The third kappa shape index (κ3) is 5.35. The van der Waals surface area contributed by atoms with E-state index >= 15 is 0 Å². The summed E-state index contributed by atoms with van der Waals surface area (Å²) in [5.74, 6) is -0.996. The van der Waals surface area contributed by atoms with E-state index in [0.717, 1.165) is 22.2 Å². The van der Waals surface area contributed by atoms with Gasteiger partial charge in [0, 0.05) is 28.5 Å². The number of H-pyrrole nitrogens is 1.